The number of H-pyrrole nitrogens is 1. The van der Waals surface area contributed by atoms with Gasteiger partial charge in [0.05, 0.1) is 12.4 Å². The molecule has 0 fully saturated rings. The van der Waals surface area contributed by atoms with Crippen LogP contribution in [0.5, 0.6) is 0 Å². The standard InChI is InChI=1S/C16H16ClN3O3/c17-11-4-3-6-12(8-11)20-15(21)9-14(16(22)23)19-10-13-5-1-2-7-18-13/h1-8,14,19H,9-10H2,(H,20,21)(H,22,23)/p+1. The van der Waals surface area contributed by atoms with Crippen molar-refractivity contribution in [2.24, 2.45) is 0 Å². The fourth-order valence-electron chi connectivity index (χ4n) is 2.07. The highest BCUT2D eigenvalue weighted by Gasteiger charge is 2.19. The lowest BCUT2D eigenvalue weighted by molar-refractivity contribution is -0.706. The second-order valence-electron chi connectivity index (χ2n) is 5.02. The molecule has 1 aromatic carbocycles. The lowest BCUT2D eigenvalue weighted by atomic mass is 10.2. The first-order chi connectivity index (χ1) is 11.0. The molecule has 2 rings (SSSR count). The van der Waals surface area contributed by atoms with Gasteiger partial charge in [0.1, 0.15) is 6.04 Å². The van der Waals surface area contributed by atoms with E-state index in [0.717, 1.165) is 5.69 Å². The molecule has 1 aromatic heterocycles. The van der Waals surface area contributed by atoms with E-state index in [1.807, 2.05) is 18.2 Å². The van der Waals surface area contributed by atoms with E-state index in [0.29, 0.717) is 17.3 Å². The van der Waals surface area contributed by atoms with Crippen molar-refractivity contribution < 1.29 is 25.0 Å². The van der Waals surface area contributed by atoms with Crippen LogP contribution in [-0.4, -0.2) is 17.9 Å². The van der Waals surface area contributed by atoms with Gasteiger partial charge in [-0.3, -0.25) is 4.79 Å². The summed E-state index contributed by atoms with van der Waals surface area (Å²) in [4.78, 5) is 26.2. The summed E-state index contributed by atoms with van der Waals surface area (Å²) in [5.41, 5.74) is 1.38. The van der Waals surface area contributed by atoms with Gasteiger partial charge in [-0.15, -0.1) is 0 Å². The van der Waals surface area contributed by atoms with Gasteiger partial charge in [0.15, 0.2) is 12.7 Å². The quantitative estimate of drug-likeness (QED) is 0.704. The average Bonchev–Trinajstić information content (AvgIpc) is 2.52. The van der Waals surface area contributed by atoms with Crippen LogP contribution in [0.1, 0.15) is 12.1 Å². The van der Waals surface area contributed by atoms with Crippen LogP contribution < -0.4 is 20.7 Å². The minimum atomic E-state index is -1.28. The van der Waals surface area contributed by atoms with Gasteiger partial charge in [-0.2, -0.15) is 0 Å². The molecule has 1 unspecified atom stereocenters. The van der Waals surface area contributed by atoms with E-state index in [1.165, 1.54) is 0 Å². The highest BCUT2D eigenvalue weighted by atomic mass is 35.5. The molecule has 0 aliphatic carbocycles. The van der Waals surface area contributed by atoms with Gasteiger partial charge in [-0.05, 0) is 24.3 Å². The molecule has 23 heavy (non-hydrogen) atoms. The summed E-state index contributed by atoms with van der Waals surface area (Å²) in [6, 6.07) is 11.2. The molecule has 0 spiro atoms. The number of carbonyl (C=O) groups excluding carboxylic acids is 2. The number of aromatic nitrogens is 1. The first kappa shape index (κ1) is 16.9. The molecule has 0 saturated heterocycles. The van der Waals surface area contributed by atoms with Gasteiger partial charge in [-0.25, -0.2) is 4.98 Å². The van der Waals surface area contributed by atoms with E-state index in [9.17, 15) is 14.7 Å². The number of hydrogen-bond donors (Lipinski definition) is 2. The van der Waals surface area contributed by atoms with Gasteiger partial charge in [-0.1, -0.05) is 17.7 Å². The van der Waals surface area contributed by atoms with Crippen LogP contribution in [0.25, 0.3) is 0 Å². The van der Waals surface area contributed by atoms with E-state index >= 15 is 0 Å². The zero-order valence-electron chi connectivity index (χ0n) is 12.3. The zero-order valence-corrected chi connectivity index (χ0v) is 13.0. The van der Waals surface area contributed by atoms with Crippen LogP contribution in [0.3, 0.4) is 0 Å². The summed E-state index contributed by atoms with van der Waals surface area (Å²) in [5.74, 6) is -1.68. The Morgan fingerprint density at radius 1 is 1.26 bits per heavy atom. The van der Waals surface area contributed by atoms with Crippen molar-refractivity contribution in [3.63, 3.8) is 0 Å². The Hall–Kier alpha value is -2.44. The Bertz CT molecular complexity index is 679. The van der Waals surface area contributed by atoms with E-state index in [2.05, 4.69) is 10.3 Å². The van der Waals surface area contributed by atoms with E-state index < -0.39 is 17.9 Å². The number of nitrogens with one attached hydrogen (secondary N) is 2. The Morgan fingerprint density at radius 2 is 2.09 bits per heavy atom. The average molecular weight is 335 g/mol. The largest absolute Gasteiger partial charge is 0.544 e. The van der Waals surface area contributed by atoms with Gasteiger partial charge < -0.3 is 20.5 Å². The maximum absolute atomic E-state index is 12.0. The summed E-state index contributed by atoms with van der Waals surface area (Å²) < 4.78 is 0. The van der Waals surface area contributed by atoms with Crippen LogP contribution in [0.4, 0.5) is 5.69 Å². The summed E-state index contributed by atoms with van der Waals surface area (Å²) in [6.45, 7) is 0.407. The molecule has 0 saturated carbocycles. The number of rotatable bonds is 7. The van der Waals surface area contributed by atoms with E-state index in [-0.39, 0.29) is 6.42 Å². The molecule has 0 bridgehead atoms. The van der Waals surface area contributed by atoms with E-state index in [4.69, 9.17) is 11.6 Å². The molecule has 2 aromatic rings. The Morgan fingerprint density at radius 3 is 2.74 bits per heavy atom. The van der Waals surface area contributed by atoms with E-state index in [1.54, 1.807) is 35.8 Å². The fraction of sp³-hybridized carbons (Fsp3) is 0.188. The normalized spacial score (nSPS) is 11.7. The molecule has 7 heteroatoms. The third-order valence-electron chi connectivity index (χ3n) is 3.21. The molecule has 0 radical (unpaired) electrons. The molecule has 0 aliphatic rings. The number of hydrogen-bond acceptors (Lipinski definition) is 3. The lowest BCUT2D eigenvalue weighted by Gasteiger charge is -2.15. The van der Waals surface area contributed by atoms with Crippen LogP contribution >= 0.6 is 11.6 Å². The summed E-state index contributed by atoms with van der Waals surface area (Å²) in [5, 5.41) is 15.9. The van der Waals surface area contributed by atoms with Gasteiger partial charge in [0, 0.05) is 22.8 Å². The molecular weight excluding hydrogens is 318 g/mol. The summed E-state index contributed by atoms with van der Waals surface area (Å²) >= 11 is 5.84. The number of anilines is 1. The van der Waals surface area contributed by atoms with Crippen LogP contribution in [0.2, 0.25) is 5.02 Å². The maximum Gasteiger partial charge on any atom is 0.234 e. The van der Waals surface area contributed by atoms with Gasteiger partial charge in [0.2, 0.25) is 11.6 Å². The number of pyridine rings is 1. The van der Waals surface area contributed by atoms with Crippen molar-refractivity contribution in [3.05, 3.63) is 59.4 Å². The lowest BCUT2D eigenvalue weighted by Crippen LogP contribution is -2.92. The highest BCUT2D eigenvalue weighted by Crippen LogP contribution is 2.15. The third-order valence-corrected chi connectivity index (χ3v) is 3.45. The summed E-state index contributed by atoms with van der Waals surface area (Å²) in [6.07, 6.45) is 1.56. The van der Waals surface area contributed by atoms with Crippen LogP contribution in [0, 0.1) is 0 Å². The minimum absolute atomic E-state index is 0.193. The monoisotopic (exact) mass is 334 g/mol. The van der Waals surface area contributed by atoms with Crippen molar-refractivity contribution in [3.8, 4) is 0 Å². The number of halogens is 1. The molecule has 6 nitrogen and oxygen atoms in total. The van der Waals surface area contributed by atoms with Crippen LogP contribution in [0.15, 0.2) is 48.7 Å². The number of carboxylic acids is 1. The summed E-state index contributed by atoms with van der Waals surface area (Å²) in [7, 11) is 0. The Kier molecular flexibility index (Phi) is 6.08. The molecule has 1 heterocycles. The van der Waals surface area contributed by atoms with Gasteiger partial charge in [0.25, 0.3) is 0 Å². The molecular formula is C16H17ClN3O3+. The topological polar surface area (TPSA) is 100.0 Å². The second-order valence-corrected chi connectivity index (χ2v) is 5.45. The first-order valence-corrected chi connectivity index (χ1v) is 7.47. The first-order valence-electron chi connectivity index (χ1n) is 7.10. The number of aliphatic carboxylic acids is 1. The number of carbonyl (C=O) groups is 2. The molecule has 1 atom stereocenters. The molecule has 1 amide bonds. The number of carboxylic acid groups (broad SMARTS) is 1. The minimum Gasteiger partial charge on any atom is -0.544 e. The number of nitrogens with two attached hydrogens (primary N) is 1. The highest BCUT2D eigenvalue weighted by molar-refractivity contribution is 6.30. The predicted octanol–water partition coefficient (Wildman–Crippen LogP) is -0.635. The Balaban J connectivity index is 1.91. The number of amides is 1. The molecule has 0 aliphatic heterocycles. The van der Waals surface area contributed by atoms with Crippen molar-refractivity contribution in [1.29, 1.82) is 0 Å². The number of benzene rings is 1. The fourth-order valence-corrected chi connectivity index (χ4v) is 2.26. The number of aromatic amines is 1. The predicted molar refractivity (Wildman–Crippen MR) is 82.1 cm³/mol. The Labute approximate surface area is 138 Å². The maximum atomic E-state index is 12.0. The third kappa shape index (κ3) is 5.69. The number of quaternary nitrogens is 1. The second kappa shape index (κ2) is 8.26. The zero-order chi connectivity index (χ0) is 16.7. The van der Waals surface area contributed by atoms with Crippen molar-refractivity contribution in [2.75, 3.05) is 5.32 Å². The smallest absolute Gasteiger partial charge is 0.234 e. The molecule has 120 valence electrons. The van der Waals surface area contributed by atoms with Crippen molar-refractivity contribution in [2.45, 2.75) is 19.0 Å². The molecule has 4 N–H and O–H groups in total. The van der Waals surface area contributed by atoms with Crippen LogP contribution in [-0.2, 0) is 16.1 Å². The van der Waals surface area contributed by atoms with Crippen molar-refractivity contribution >= 4 is 29.2 Å². The van der Waals surface area contributed by atoms with Crippen molar-refractivity contribution in [1.82, 2.24) is 0 Å². The van der Waals surface area contributed by atoms with Gasteiger partial charge >= 0.3 is 0 Å². The SMILES string of the molecule is O=C(CC([NH2+]Cc1cccc[nH+]1)C(=O)[O-])Nc1cccc(Cl)c1.